The summed E-state index contributed by atoms with van der Waals surface area (Å²) >= 11 is 0. The number of esters is 1. The molecule has 2 N–H and O–H groups in total. The van der Waals surface area contributed by atoms with Crippen molar-refractivity contribution in [3.63, 3.8) is 0 Å². The molecular weight excluding hydrogens is 272 g/mol. The summed E-state index contributed by atoms with van der Waals surface area (Å²) in [6.45, 7) is 2.98. The fourth-order valence-electron chi connectivity index (χ4n) is 1.74. The maximum atomic E-state index is 11.6. The molecule has 21 heavy (non-hydrogen) atoms. The summed E-state index contributed by atoms with van der Waals surface area (Å²) in [5.74, 6) is 0.917. The summed E-state index contributed by atoms with van der Waals surface area (Å²) in [4.78, 5) is 15.6. The maximum absolute atomic E-state index is 11.6. The number of nitrogens with two attached hydrogens (primary N) is 1. The monoisotopic (exact) mass is 290 g/mol. The summed E-state index contributed by atoms with van der Waals surface area (Å²) in [6.07, 6.45) is 1.60. The first-order chi connectivity index (χ1) is 10.2. The molecule has 0 spiro atoms. The van der Waals surface area contributed by atoms with Crippen LogP contribution in [0.1, 0.15) is 19.2 Å². The molecule has 1 heterocycles. The normalized spacial score (nSPS) is 10.3. The van der Waals surface area contributed by atoms with Crippen LogP contribution in [0.25, 0.3) is 0 Å². The highest BCUT2D eigenvalue weighted by Crippen LogP contribution is 2.14. The lowest BCUT2D eigenvalue weighted by atomic mass is 10.3. The van der Waals surface area contributed by atoms with Crippen molar-refractivity contribution in [3.8, 4) is 5.75 Å². The lowest BCUT2D eigenvalue weighted by Gasteiger charge is -2.07. The zero-order valence-electron chi connectivity index (χ0n) is 11.9. The predicted molar refractivity (Wildman–Crippen MR) is 76.5 cm³/mol. The Morgan fingerprint density at radius 2 is 2.29 bits per heavy atom. The van der Waals surface area contributed by atoms with Gasteiger partial charge in [-0.3, -0.25) is 4.79 Å². The van der Waals surface area contributed by atoms with Gasteiger partial charge in [0.25, 0.3) is 0 Å². The lowest BCUT2D eigenvalue weighted by Crippen LogP contribution is -2.12. The van der Waals surface area contributed by atoms with Crippen molar-refractivity contribution in [2.24, 2.45) is 0 Å². The Morgan fingerprint density at radius 3 is 3.05 bits per heavy atom. The Balaban J connectivity index is 1.70. The van der Waals surface area contributed by atoms with Gasteiger partial charge in [0, 0.05) is 18.3 Å². The zero-order valence-corrected chi connectivity index (χ0v) is 11.9. The molecule has 0 aliphatic carbocycles. The first kappa shape index (κ1) is 14.8. The van der Waals surface area contributed by atoms with E-state index in [0.29, 0.717) is 23.8 Å². The van der Waals surface area contributed by atoms with Gasteiger partial charge in [0.05, 0.1) is 13.0 Å². The van der Waals surface area contributed by atoms with Crippen LogP contribution in [0.2, 0.25) is 0 Å². The Morgan fingerprint density at radius 1 is 1.43 bits per heavy atom. The van der Waals surface area contributed by atoms with Crippen LogP contribution in [0.3, 0.4) is 0 Å². The second-order valence-corrected chi connectivity index (χ2v) is 4.32. The van der Waals surface area contributed by atoms with Gasteiger partial charge in [0.2, 0.25) is 0 Å². The number of aryl methyl sites for hydroxylation is 1. The Kier molecular flexibility index (Phi) is 5.14. The van der Waals surface area contributed by atoms with Crippen LogP contribution in [0.15, 0.2) is 30.6 Å². The highest BCUT2D eigenvalue weighted by Gasteiger charge is 2.08. The van der Waals surface area contributed by atoms with Gasteiger partial charge in [-0.1, -0.05) is 6.07 Å². The summed E-state index contributed by atoms with van der Waals surface area (Å²) in [5.41, 5.74) is 6.25. The van der Waals surface area contributed by atoms with Crippen molar-refractivity contribution in [1.82, 2.24) is 14.8 Å². The van der Waals surface area contributed by atoms with E-state index in [0.717, 1.165) is 0 Å². The van der Waals surface area contributed by atoms with Gasteiger partial charge in [-0.05, 0) is 19.1 Å². The Hall–Kier alpha value is -2.57. The van der Waals surface area contributed by atoms with Crippen LogP contribution in [0, 0.1) is 0 Å². The summed E-state index contributed by atoms with van der Waals surface area (Å²) in [6, 6.07) is 7.05. The van der Waals surface area contributed by atoms with Gasteiger partial charge >= 0.3 is 5.97 Å². The van der Waals surface area contributed by atoms with Gasteiger partial charge in [0.15, 0.2) is 12.4 Å². The van der Waals surface area contributed by atoms with Gasteiger partial charge in [-0.25, -0.2) is 9.67 Å². The molecule has 0 fully saturated rings. The van der Waals surface area contributed by atoms with Crippen LogP contribution in [-0.2, 0) is 22.7 Å². The fourth-order valence-corrected chi connectivity index (χ4v) is 1.74. The summed E-state index contributed by atoms with van der Waals surface area (Å²) in [7, 11) is 0. The molecule has 0 aliphatic heterocycles. The second-order valence-electron chi connectivity index (χ2n) is 4.32. The van der Waals surface area contributed by atoms with E-state index in [2.05, 4.69) is 10.1 Å². The van der Waals surface area contributed by atoms with Crippen molar-refractivity contribution in [1.29, 1.82) is 0 Å². The number of carbonyl (C=O) groups is 1. The van der Waals surface area contributed by atoms with E-state index in [-0.39, 0.29) is 25.6 Å². The topological polar surface area (TPSA) is 92.3 Å². The number of carbonyl (C=O) groups excluding carboxylic acids is 1. The second kappa shape index (κ2) is 7.28. The highest BCUT2D eigenvalue weighted by atomic mass is 16.5. The van der Waals surface area contributed by atoms with Gasteiger partial charge in [0.1, 0.15) is 12.1 Å². The molecule has 0 amide bonds. The number of rotatable bonds is 7. The number of anilines is 1. The molecule has 1 aromatic heterocycles. The number of nitrogen functional groups attached to an aromatic ring is 1. The van der Waals surface area contributed by atoms with E-state index < -0.39 is 0 Å². The summed E-state index contributed by atoms with van der Waals surface area (Å²) < 4.78 is 12.2. The number of hydrogen-bond donors (Lipinski definition) is 1. The molecular formula is C14H18N4O3. The minimum absolute atomic E-state index is 0.116. The largest absolute Gasteiger partial charge is 0.493 e. The number of nitrogens with zero attached hydrogens (tertiary/aromatic N) is 3. The number of aromatic nitrogens is 3. The zero-order chi connectivity index (χ0) is 15.1. The van der Waals surface area contributed by atoms with E-state index in [4.69, 9.17) is 15.2 Å². The van der Waals surface area contributed by atoms with E-state index in [1.54, 1.807) is 28.9 Å². The molecule has 2 rings (SSSR count). The molecule has 0 radical (unpaired) electrons. The van der Waals surface area contributed by atoms with Gasteiger partial charge < -0.3 is 15.2 Å². The molecule has 0 atom stereocenters. The Bertz CT molecular complexity index is 597. The highest BCUT2D eigenvalue weighted by molar-refractivity contribution is 5.69. The van der Waals surface area contributed by atoms with Crippen molar-refractivity contribution < 1.29 is 14.3 Å². The van der Waals surface area contributed by atoms with Crippen LogP contribution in [-0.4, -0.2) is 27.3 Å². The number of benzene rings is 1. The predicted octanol–water partition coefficient (Wildman–Crippen LogP) is 1.39. The van der Waals surface area contributed by atoms with E-state index in [9.17, 15) is 4.79 Å². The smallest absolute Gasteiger partial charge is 0.309 e. The third kappa shape index (κ3) is 4.48. The standard InChI is InChI=1S/C14H18N4O3/c1-2-18-13(16-10-17-18)9-21-14(19)6-7-20-12-5-3-4-11(15)8-12/h3-5,8,10H,2,6-7,9,15H2,1H3. The molecule has 0 saturated heterocycles. The van der Waals surface area contributed by atoms with E-state index in [1.165, 1.54) is 6.33 Å². The third-order valence-electron chi connectivity index (χ3n) is 2.79. The number of hydrogen-bond acceptors (Lipinski definition) is 6. The van der Waals surface area contributed by atoms with Crippen molar-refractivity contribution in [3.05, 3.63) is 36.4 Å². The maximum Gasteiger partial charge on any atom is 0.309 e. The molecule has 0 aliphatic rings. The molecule has 2 aromatic rings. The third-order valence-corrected chi connectivity index (χ3v) is 2.79. The fraction of sp³-hybridized carbons (Fsp3) is 0.357. The molecule has 0 unspecified atom stereocenters. The molecule has 7 heteroatoms. The van der Waals surface area contributed by atoms with Crippen LogP contribution in [0.5, 0.6) is 5.75 Å². The minimum atomic E-state index is -0.343. The van der Waals surface area contributed by atoms with Gasteiger partial charge in [-0.15, -0.1) is 0 Å². The molecule has 112 valence electrons. The van der Waals surface area contributed by atoms with Crippen LogP contribution >= 0.6 is 0 Å². The summed E-state index contributed by atoms with van der Waals surface area (Å²) in [5, 5.41) is 4.00. The van der Waals surface area contributed by atoms with Crippen LogP contribution in [0.4, 0.5) is 5.69 Å². The minimum Gasteiger partial charge on any atom is -0.493 e. The van der Waals surface area contributed by atoms with Gasteiger partial charge in [-0.2, -0.15) is 5.10 Å². The molecule has 0 bridgehead atoms. The van der Waals surface area contributed by atoms with Crippen molar-refractivity contribution >= 4 is 11.7 Å². The van der Waals surface area contributed by atoms with Crippen molar-refractivity contribution in [2.45, 2.75) is 26.5 Å². The quantitative estimate of drug-likeness (QED) is 0.612. The lowest BCUT2D eigenvalue weighted by molar-refractivity contribution is -0.145. The van der Waals surface area contributed by atoms with E-state index in [1.807, 2.05) is 6.92 Å². The SMILES string of the molecule is CCn1ncnc1COC(=O)CCOc1cccc(N)c1. The molecule has 0 saturated carbocycles. The molecule has 7 nitrogen and oxygen atoms in total. The average Bonchev–Trinajstić information content (AvgIpc) is 2.92. The van der Waals surface area contributed by atoms with E-state index >= 15 is 0 Å². The first-order valence-corrected chi connectivity index (χ1v) is 6.69. The van der Waals surface area contributed by atoms with Crippen molar-refractivity contribution in [2.75, 3.05) is 12.3 Å². The average molecular weight is 290 g/mol. The Labute approximate surface area is 122 Å². The molecule has 1 aromatic carbocycles. The van der Waals surface area contributed by atoms with Crippen LogP contribution < -0.4 is 10.5 Å². The number of ether oxygens (including phenoxy) is 2. The first-order valence-electron chi connectivity index (χ1n) is 6.69.